The molecule has 0 spiro atoms. The van der Waals surface area contributed by atoms with Gasteiger partial charge in [-0.1, -0.05) is 30.3 Å². The number of nitrogens with one attached hydrogen (secondary N) is 1. The van der Waals surface area contributed by atoms with E-state index in [9.17, 15) is 14.9 Å². The Balaban J connectivity index is 2.10. The lowest BCUT2D eigenvalue weighted by Gasteiger charge is -2.26. The first-order valence-corrected chi connectivity index (χ1v) is 7.12. The predicted molar refractivity (Wildman–Crippen MR) is 84.0 cm³/mol. The highest BCUT2D eigenvalue weighted by molar-refractivity contribution is 5.76. The van der Waals surface area contributed by atoms with Crippen LogP contribution >= 0.6 is 0 Å². The molecule has 1 aromatic carbocycles. The highest BCUT2D eigenvalue weighted by Crippen LogP contribution is 2.19. The van der Waals surface area contributed by atoms with Gasteiger partial charge in [0.15, 0.2) is 6.29 Å². The third-order valence-corrected chi connectivity index (χ3v) is 3.35. The van der Waals surface area contributed by atoms with Gasteiger partial charge in [0.25, 0.3) is 0 Å². The first kappa shape index (κ1) is 17.6. The summed E-state index contributed by atoms with van der Waals surface area (Å²) in [7, 11) is 2.96. The van der Waals surface area contributed by atoms with Gasteiger partial charge in [-0.05, 0) is 5.56 Å². The molecule has 2 aromatic rings. The summed E-state index contributed by atoms with van der Waals surface area (Å²) in [4.78, 5) is 22.3. The van der Waals surface area contributed by atoms with Gasteiger partial charge in [-0.3, -0.25) is 19.6 Å². The van der Waals surface area contributed by atoms with Gasteiger partial charge in [0.05, 0.1) is 4.92 Å². The van der Waals surface area contributed by atoms with Crippen molar-refractivity contribution in [3.05, 3.63) is 58.4 Å². The molecular formula is C15H18N4O5. The monoisotopic (exact) mass is 334 g/mol. The molecular weight excluding hydrogens is 316 g/mol. The van der Waals surface area contributed by atoms with E-state index in [4.69, 9.17) is 9.47 Å². The Bertz CT molecular complexity index is 684. The number of carbonyl (C=O) groups is 1. The van der Waals surface area contributed by atoms with Crippen molar-refractivity contribution in [2.24, 2.45) is 0 Å². The molecule has 0 fully saturated rings. The third kappa shape index (κ3) is 4.37. The van der Waals surface area contributed by atoms with Crippen LogP contribution in [0.5, 0.6) is 0 Å². The lowest BCUT2D eigenvalue weighted by molar-refractivity contribution is -0.385. The number of hydrogen-bond donors (Lipinski definition) is 1. The van der Waals surface area contributed by atoms with Crippen LogP contribution in [0.4, 0.5) is 5.69 Å². The Morgan fingerprint density at radius 1 is 1.33 bits per heavy atom. The van der Waals surface area contributed by atoms with E-state index in [1.54, 1.807) is 0 Å². The fraction of sp³-hybridized carbons (Fsp3) is 0.333. The third-order valence-electron chi connectivity index (χ3n) is 3.35. The summed E-state index contributed by atoms with van der Waals surface area (Å²) < 4.78 is 11.7. The van der Waals surface area contributed by atoms with Crippen molar-refractivity contribution >= 4 is 11.6 Å². The van der Waals surface area contributed by atoms with E-state index >= 15 is 0 Å². The van der Waals surface area contributed by atoms with Gasteiger partial charge >= 0.3 is 5.69 Å². The SMILES string of the molecule is COC(OC)[C@@H](NC(=O)Cn1cc([N+](=O)[O-])cn1)c1ccccc1. The van der Waals surface area contributed by atoms with Crippen LogP contribution in [0.25, 0.3) is 0 Å². The number of benzene rings is 1. The molecule has 24 heavy (non-hydrogen) atoms. The van der Waals surface area contributed by atoms with Gasteiger partial charge in [-0.2, -0.15) is 5.10 Å². The van der Waals surface area contributed by atoms with Crippen LogP contribution in [0.3, 0.4) is 0 Å². The molecule has 0 aliphatic heterocycles. The predicted octanol–water partition coefficient (Wildman–Crippen LogP) is 1.27. The quantitative estimate of drug-likeness (QED) is 0.442. The van der Waals surface area contributed by atoms with Gasteiger partial charge in [0, 0.05) is 14.2 Å². The van der Waals surface area contributed by atoms with E-state index in [1.807, 2.05) is 30.3 Å². The first-order chi connectivity index (χ1) is 11.5. The summed E-state index contributed by atoms with van der Waals surface area (Å²) in [6.45, 7) is -0.155. The molecule has 1 aromatic heterocycles. The lowest BCUT2D eigenvalue weighted by atomic mass is 10.1. The molecule has 1 atom stereocenters. The molecule has 1 N–H and O–H groups in total. The Labute approximate surface area is 138 Å². The van der Waals surface area contributed by atoms with Gasteiger partial charge < -0.3 is 14.8 Å². The zero-order valence-corrected chi connectivity index (χ0v) is 13.3. The molecule has 128 valence electrons. The Hall–Kier alpha value is -2.78. The second kappa shape index (κ2) is 8.18. The van der Waals surface area contributed by atoms with E-state index in [2.05, 4.69) is 10.4 Å². The van der Waals surface area contributed by atoms with E-state index in [0.717, 1.165) is 11.8 Å². The van der Waals surface area contributed by atoms with Crippen LogP contribution in [0.1, 0.15) is 11.6 Å². The van der Waals surface area contributed by atoms with Crippen LogP contribution in [0.15, 0.2) is 42.7 Å². The number of methoxy groups -OCH3 is 2. The zero-order valence-electron chi connectivity index (χ0n) is 13.3. The maximum atomic E-state index is 12.3. The van der Waals surface area contributed by atoms with E-state index in [-0.39, 0.29) is 18.1 Å². The Morgan fingerprint density at radius 3 is 2.54 bits per heavy atom. The summed E-state index contributed by atoms with van der Waals surface area (Å²) >= 11 is 0. The fourth-order valence-electron chi connectivity index (χ4n) is 2.24. The van der Waals surface area contributed by atoms with Crippen molar-refractivity contribution in [2.45, 2.75) is 18.9 Å². The molecule has 0 saturated carbocycles. The normalized spacial score (nSPS) is 12.1. The Kier molecular flexibility index (Phi) is 5.99. The summed E-state index contributed by atoms with van der Waals surface area (Å²) in [6, 6.07) is 8.70. The topological polar surface area (TPSA) is 109 Å². The molecule has 1 amide bonds. The largest absolute Gasteiger partial charge is 0.353 e. The zero-order chi connectivity index (χ0) is 17.5. The number of nitrogens with zero attached hydrogens (tertiary/aromatic N) is 3. The first-order valence-electron chi connectivity index (χ1n) is 7.12. The molecule has 0 radical (unpaired) electrons. The average Bonchev–Trinajstić information content (AvgIpc) is 3.04. The van der Waals surface area contributed by atoms with Gasteiger partial charge in [-0.15, -0.1) is 0 Å². The summed E-state index contributed by atoms with van der Waals surface area (Å²) in [6.07, 6.45) is 1.61. The molecule has 2 rings (SSSR count). The summed E-state index contributed by atoms with van der Waals surface area (Å²) in [5.74, 6) is -0.374. The van der Waals surface area contributed by atoms with Crippen molar-refractivity contribution in [1.29, 1.82) is 0 Å². The number of hydrogen-bond acceptors (Lipinski definition) is 6. The van der Waals surface area contributed by atoms with Gasteiger partial charge in [0.2, 0.25) is 5.91 Å². The Morgan fingerprint density at radius 2 is 2.00 bits per heavy atom. The van der Waals surface area contributed by atoms with E-state index in [1.165, 1.54) is 25.1 Å². The highest BCUT2D eigenvalue weighted by atomic mass is 16.7. The second-order valence-electron chi connectivity index (χ2n) is 4.95. The second-order valence-corrected chi connectivity index (χ2v) is 4.95. The minimum atomic E-state index is -0.677. The molecule has 0 aliphatic rings. The maximum Gasteiger partial charge on any atom is 0.307 e. The van der Waals surface area contributed by atoms with Crippen molar-refractivity contribution in [3.63, 3.8) is 0 Å². The highest BCUT2D eigenvalue weighted by Gasteiger charge is 2.25. The minimum Gasteiger partial charge on any atom is -0.353 e. The smallest absolute Gasteiger partial charge is 0.307 e. The molecule has 9 heteroatoms. The fourth-order valence-corrected chi connectivity index (χ4v) is 2.24. The summed E-state index contributed by atoms with van der Waals surface area (Å²) in [5.41, 5.74) is 0.639. The van der Waals surface area contributed by atoms with Crippen molar-refractivity contribution < 1.29 is 19.2 Å². The number of rotatable bonds is 8. The van der Waals surface area contributed by atoms with E-state index in [0.29, 0.717) is 0 Å². The van der Waals surface area contributed by atoms with Crippen molar-refractivity contribution in [1.82, 2.24) is 15.1 Å². The minimum absolute atomic E-state index is 0.155. The number of ether oxygens (including phenoxy) is 2. The molecule has 0 aliphatic carbocycles. The standard InChI is InChI=1S/C15H18N4O5/c1-23-15(24-2)14(11-6-4-3-5-7-11)17-13(20)10-18-9-12(8-16-18)19(21)22/h3-9,14-15H,10H2,1-2H3,(H,17,20)/t14-/m0/s1. The molecule has 9 nitrogen and oxygen atoms in total. The molecule has 0 bridgehead atoms. The van der Waals surface area contributed by atoms with E-state index < -0.39 is 17.3 Å². The van der Waals surface area contributed by atoms with Crippen molar-refractivity contribution in [3.8, 4) is 0 Å². The number of amides is 1. The van der Waals surface area contributed by atoms with Crippen LogP contribution in [-0.2, 0) is 20.8 Å². The number of nitro groups is 1. The van der Waals surface area contributed by atoms with Crippen LogP contribution in [-0.4, -0.2) is 41.1 Å². The van der Waals surface area contributed by atoms with Gasteiger partial charge in [0.1, 0.15) is 25.0 Å². The summed E-state index contributed by atoms with van der Waals surface area (Å²) in [5, 5.41) is 17.2. The molecule has 0 saturated heterocycles. The maximum absolute atomic E-state index is 12.3. The van der Waals surface area contributed by atoms with Crippen LogP contribution in [0.2, 0.25) is 0 Å². The molecule has 0 unspecified atom stereocenters. The van der Waals surface area contributed by atoms with Gasteiger partial charge in [-0.25, -0.2) is 0 Å². The molecule has 1 heterocycles. The average molecular weight is 334 g/mol. The lowest BCUT2D eigenvalue weighted by Crippen LogP contribution is -2.39. The number of aromatic nitrogens is 2. The van der Waals surface area contributed by atoms with Crippen molar-refractivity contribution in [2.75, 3.05) is 14.2 Å². The van der Waals surface area contributed by atoms with Crippen LogP contribution in [0, 0.1) is 10.1 Å². The number of carbonyl (C=O) groups excluding carboxylic acids is 1. The van der Waals surface area contributed by atoms with Crippen LogP contribution < -0.4 is 5.32 Å².